The molecule has 2 aromatic carbocycles. The van der Waals surface area contributed by atoms with Gasteiger partial charge in [0.2, 0.25) is 5.91 Å². The minimum Gasteiger partial charge on any atom is -0.497 e. The Hall–Kier alpha value is -2.67. The smallest absolute Gasteiger partial charge is 0.238 e. The van der Waals surface area contributed by atoms with Gasteiger partial charge in [0.1, 0.15) is 11.6 Å². The Morgan fingerprint density at radius 2 is 1.84 bits per heavy atom. The molecule has 0 radical (unpaired) electrons. The molecule has 132 valence electrons. The summed E-state index contributed by atoms with van der Waals surface area (Å²) < 4.78 is 18.6. The van der Waals surface area contributed by atoms with Gasteiger partial charge >= 0.3 is 0 Å². The van der Waals surface area contributed by atoms with Crippen LogP contribution in [0.25, 0.3) is 0 Å². The van der Waals surface area contributed by atoms with Gasteiger partial charge < -0.3 is 10.1 Å². The van der Waals surface area contributed by atoms with Crippen LogP contribution in [0.5, 0.6) is 5.75 Å². The second-order valence-electron chi connectivity index (χ2n) is 5.30. The van der Waals surface area contributed by atoms with Crippen molar-refractivity contribution in [3.05, 3.63) is 65.5 Å². The average molecular weight is 361 g/mol. The first-order valence-electron chi connectivity index (χ1n) is 7.77. The number of benzene rings is 2. The van der Waals surface area contributed by atoms with Crippen molar-refractivity contribution in [3.8, 4) is 5.75 Å². The first kappa shape index (κ1) is 18.7. The monoisotopic (exact) mass is 361 g/mol. The highest BCUT2D eigenvalue weighted by atomic mass is 32.1. The summed E-state index contributed by atoms with van der Waals surface area (Å²) in [6.45, 7) is 0.515. The van der Waals surface area contributed by atoms with Gasteiger partial charge in [0, 0.05) is 13.0 Å². The number of hydrogen-bond acceptors (Lipinski definition) is 3. The predicted octanol–water partition coefficient (Wildman–Crippen LogP) is 2.46. The normalized spacial score (nSPS) is 10.0. The molecule has 0 heterocycles. The molecule has 0 aliphatic carbocycles. The maximum absolute atomic E-state index is 13.5. The third kappa shape index (κ3) is 6.39. The van der Waals surface area contributed by atoms with Crippen LogP contribution in [0.15, 0.2) is 48.5 Å². The number of thiocarbonyl (C=S) groups is 1. The summed E-state index contributed by atoms with van der Waals surface area (Å²) in [6, 6.07) is 14.0. The van der Waals surface area contributed by atoms with Gasteiger partial charge in [-0.15, -0.1) is 0 Å². The van der Waals surface area contributed by atoms with Gasteiger partial charge in [0.05, 0.1) is 7.11 Å². The minimum atomic E-state index is -0.306. The van der Waals surface area contributed by atoms with Crippen LogP contribution in [0.2, 0.25) is 0 Å². The zero-order chi connectivity index (χ0) is 18.1. The molecule has 3 N–H and O–H groups in total. The fourth-order valence-corrected chi connectivity index (χ4v) is 2.23. The van der Waals surface area contributed by atoms with E-state index in [2.05, 4.69) is 16.2 Å². The Kier molecular flexibility index (Phi) is 7.16. The molecule has 0 fully saturated rings. The Balaban J connectivity index is 1.66. The number of aryl methyl sites for hydroxylation is 1. The van der Waals surface area contributed by atoms with Crippen molar-refractivity contribution in [2.45, 2.75) is 19.4 Å². The van der Waals surface area contributed by atoms with Crippen LogP contribution in [0, 0.1) is 5.82 Å². The molecule has 0 aliphatic rings. The van der Waals surface area contributed by atoms with Crippen molar-refractivity contribution >= 4 is 23.2 Å². The van der Waals surface area contributed by atoms with Crippen LogP contribution in [0.3, 0.4) is 0 Å². The second-order valence-corrected chi connectivity index (χ2v) is 5.70. The topological polar surface area (TPSA) is 62.4 Å². The Bertz CT molecular complexity index is 723. The highest BCUT2D eigenvalue weighted by molar-refractivity contribution is 7.80. The Labute approximate surface area is 151 Å². The van der Waals surface area contributed by atoms with E-state index in [1.54, 1.807) is 25.3 Å². The fraction of sp³-hybridized carbons (Fsp3) is 0.222. The third-order valence-electron chi connectivity index (χ3n) is 3.51. The van der Waals surface area contributed by atoms with Gasteiger partial charge in [-0.05, 0) is 48.0 Å². The lowest BCUT2D eigenvalue weighted by Crippen LogP contribution is -2.46. The molecule has 25 heavy (non-hydrogen) atoms. The zero-order valence-corrected chi connectivity index (χ0v) is 14.7. The fourth-order valence-electron chi connectivity index (χ4n) is 2.11. The van der Waals surface area contributed by atoms with E-state index in [4.69, 9.17) is 17.0 Å². The van der Waals surface area contributed by atoms with Crippen molar-refractivity contribution in [2.75, 3.05) is 7.11 Å². The van der Waals surface area contributed by atoms with E-state index < -0.39 is 0 Å². The number of ether oxygens (including phenoxy) is 1. The minimum absolute atomic E-state index is 0.162. The lowest BCUT2D eigenvalue weighted by Gasteiger charge is -2.12. The van der Waals surface area contributed by atoms with Crippen LogP contribution in [0.1, 0.15) is 17.5 Å². The molecule has 2 rings (SSSR count). The van der Waals surface area contributed by atoms with Crippen LogP contribution in [-0.2, 0) is 17.8 Å². The molecule has 0 aliphatic heterocycles. The highest BCUT2D eigenvalue weighted by Gasteiger charge is 2.06. The number of hydrogen-bond donors (Lipinski definition) is 3. The summed E-state index contributed by atoms with van der Waals surface area (Å²) in [5.41, 5.74) is 6.66. The Morgan fingerprint density at radius 1 is 1.12 bits per heavy atom. The number of methoxy groups -OCH3 is 1. The molecular weight excluding hydrogens is 341 g/mol. The van der Waals surface area contributed by atoms with E-state index in [1.807, 2.05) is 24.3 Å². The molecule has 0 saturated heterocycles. The maximum atomic E-state index is 13.5. The molecule has 7 heteroatoms. The number of nitrogens with one attached hydrogen (secondary N) is 3. The molecule has 0 saturated carbocycles. The quantitative estimate of drug-likeness (QED) is 0.545. The molecule has 0 bridgehead atoms. The van der Waals surface area contributed by atoms with Crippen LogP contribution >= 0.6 is 12.2 Å². The van der Waals surface area contributed by atoms with Crippen molar-refractivity contribution in [3.63, 3.8) is 0 Å². The average Bonchev–Trinajstić information content (AvgIpc) is 2.64. The van der Waals surface area contributed by atoms with Gasteiger partial charge in [-0.3, -0.25) is 15.6 Å². The molecule has 0 unspecified atom stereocenters. The van der Waals surface area contributed by atoms with Crippen LogP contribution in [0.4, 0.5) is 4.39 Å². The standard InChI is InChI=1S/C18H20FN3O2S/c1-24-15-9-6-13(7-10-15)12-20-18(25)22-21-17(23)11-8-14-4-2-3-5-16(14)19/h2-7,9-10H,8,11-12H2,1H3,(H,21,23)(H2,20,22,25). The third-order valence-corrected chi connectivity index (χ3v) is 3.75. The summed E-state index contributed by atoms with van der Waals surface area (Å²) in [4.78, 5) is 11.8. The lowest BCUT2D eigenvalue weighted by atomic mass is 10.1. The summed E-state index contributed by atoms with van der Waals surface area (Å²) in [5, 5.41) is 3.28. The summed E-state index contributed by atoms with van der Waals surface area (Å²) in [5.74, 6) is 0.211. The van der Waals surface area contributed by atoms with Crippen LogP contribution in [-0.4, -0.2) is 18.1 Å². The number of carbonyl (C=O) groups excluding carboxylic acids is 1. The highest BCUT2D eigenvalue weighted by Crippen LogP contribution is 2.11. The summed E-state index contributed by atoms with van der Waals surface area (Å²) in [6.07, 6.45) is 0.487. The van der Waals surface area contributed by atoms with Crippen LogP contribution < -0.4 is 20.9 Å². The molecule has 0 spiro atoms. The number of hydrazine groups is 1. The molecule has 0 atom stereocenters. The Morgan fingerprint density at radius 3 is 2.52 bits per heavy atom. The van der Waals surface area contributed by atoms with Crippen molar-refractivity contribution in [1.29, 1.82) is 0 Å². The van der Waals surface area contributed by atoms with Crippen molar-refractivity contribution < 1.29 is 13.9 Å². The maximum Gasteiger partial charge on any atom is 0.238 e. The number of halogens is 1. The first-order valence-corrected chi connectivity index (χ1v) is 8.18. The number of carbonyl (C=O) groups is 1. The van der Waals surface area contributed by atoms with Gasteiger partial charge in [0.15, 0.2) is 5.11 Å². The first-order chi connectivity index (χ1) is 12.1. The predicted molar refractivity (Wildman–Crippen MR) is 98.4 cm³/mol. The SMILES string of the molecule is COc1ccc(CNC(=S)NNC(=O)CCc2ccccc2F)cc1. The van der Waals surface area contributed by atoms with Crippen molar-refractivity contribution in [2.24, 2.45) is 0 Å². The zero-order valence-electron chi connectivity index (χ0n) is 13.8. The summed E-state index contributed by atoms with van der Waals surface area (Å²) in [7, 11) is 1.61. The van der Waals surface area contributed by atoms with Gasteiger partial charge in [-0.25, -0.2) is 4.39 Å². The van der Waals surface area contributed by atoms with E-state index in [1.165, 1.54) is 6.07 Å². The van der Waals surface area contributed by atoms with E-state index >= 15 is 0 Å². The molecule has 5 nitrogen and oxygen atoms in total. The molecule has 2 aromatic rings. The van der Waals surface area contributed by atoms with Gasteiger partial charge in [-0.2, -0.15) is 0 Å². The number of amides is 1. The molecule has 1 amide bonds. The largest absolute Gasteiger partial charge is 0.497 e. The summed E-state index contributed by atoms with van der Waals surface area (Å²) >= 11 is 5.10. The van der Waals surface area contributed by atoms with E-state index in [0.717, 1.165) is 11.3 Å². The van der Waals surface area contributed by atoms with E-state index in [0.29, 0.717) is 23.6 Å². The molecule has 0 aromatic heterocycles. The van der Waals surface area contributed by atoms with Gasteiger partial charge in [0.25, 0.3) is 0 Å². The van der Waals surface area contributed by atoms with E-state index in [-0.39, 0.29) is 18.1 Å². The van der Waals surface area contributed by atoms with Crippen molar-refractivity contribution in [1.82, 2.24) is 16.2 Å². The molecular formula is C18H20FN3O2S. The second kappa shape index (κ2) is 9.58. The van der Waals surface area contributed by atoms with E-state index in [9.17, 15) is 9.18 Å². The number of rotatable bonds is 6. The lowest BCUT2D eigenvalue weighted by molar-refractivity contribution is -0.121. The van der Waals surface area contributed by atoms with Gasteiger partial charge in [-0.1, -0.05) is 30.3 Å².